The fourth-order valence-electron chi connectivity index (χ4n) is 4.12. The summed E-state index contributed by atoms with van der Waals surface area (Å²) >= 11 is 0. The fourth-order valence-corrected chi connectivity index (χ4v) is 5.80. The molecule has 0 saturated carbocycles. The van der Waals surface area contributed by atoms with E-state index in [1.165, 1.54) is 5.56 Å². The highest BCUT2D eigenvalue weighted by atomic mass is 32.2. The predicted octanol–water partition coefficient (Wildman–Crippen LogP) is 2.61. The lowest BCUT2D eigenvalue weighted by Crippen LogP contribution is -2.39. The molecule has 2 heterocycles. The lowest BCUT2D eigenvalue weighted by atomic mass is 9.82. The van der Waals surface area contributed by atoms with Crippen molar-refractivity contribution < 1.29 is 8.42 Å². The van der Waals surface area contributed by atoms with Gasteiger partial charge in [-0.1, -0.05) is 48.5 Å². The number of nitrogens with zero attached hydrogens (tertiary/aromatic N) is 2. The summed E-state index contributed by atoms with van der Waals surface area (Å²) in [5.74, 6) is 0.0497. The number of sulfonamides is 1. The Bertz CT molecular complexity index is 851. The van der Waals surface area contributed by atoms with Gasteiger partial charge in [-0.25, -0.2) is 8.42 Å². The molecule has 2 aromatic rings. The van der Waals surface area contributed by atoms with Crippen molar-refractivity contribution in [2.24, 2.45) is 0 Å². The van der Waals surface area contributed by atoms with Crippen LogP contribution in [0.4, 0.5) is 5.69 Å². The van der Waals surface area contributed by atoms with Crippen LogP contribution in [0.15, 0.2) is 54.6 Å². The molecule has 1 saturated heterocycles. The molecule has 0 bridgehead atoms. The van der Waals surface area contributed by atoms with E-state index in [9.17, 15) is 8.42 Å². The Morgan fingerprint density at radius 2 is 1.71 bits per heavy atom. The summed E-state index contributed by atoms with van der Waals surface area (Å²) in [6, 6.07) is 17.4. The first-order valence-corrected chi connectivity index (χ1v) is 9.94. The maximum atomic E-state index is 13.1. The van der Waals surface area contributed by atoms with E-state index in [2.05, 4.69) is 18.0 Å². The second kappa shape index (κ2) is 5.60. The Kier molecular flexibility index (Phi) is 3.66. The average Bonchev–Trinajstić information content (AvgIpc) is 3.10. The zero-order valence-electron chi connectivity index (χ0n) is 13.9. The molecule has 1 fully saturated rings. The molecule has 0 amide bonds. The maximum absolute atomic E-state index is 13.1. The van der Waals surface area contributed by atoms with E-state index in [4.69, 9.17) is 0 Å². The van der Waals surface area contributed by atoms with Gasteiger partial charge in [0.25, 0.3) is 0 Å². The van der Waals surface area contributed by atoms with Crippen molar-refractivity contribution in [3.8, 4) is 0 Å². The molecule has 0 aromatic heterocycles. The zero-order chi connectivity index (χ0) is 16.8. The number of para-hydroxylation sites is 1. The normalized spacial score (nSPS) is 23.8. The molecular weight excluding hydrogens is 320 g/mol. The smallest absolute Gasteiger partial charge is 0.239 e. The minimum Gasteiger partial charge on any atom is -0.305 e. The highest BCUT2D eigenvalue weighted by Gasteiger charge is 2.49. The second-order valence-corrected chi connectivity index (χ2v) is 8.93. The number of benzene rings is 2. The lowest BCUT2D eigenvalue weighted by Gasteiger charge is -2.25. The van der Waals surface area contributed by atoms with Crippen molar-refractivity contribution in [2.75, 3.05) is 31.0 Å². The van der Waals surface area contributed by atoms with E-state index in [-0.39, 0.29) is 11.2 Å². The third kappa shape index (κ3) is 2.52. The average molecular weight is 342 g/mol. The molecule has 4 nitrogen and oxygen atoms in total. The monoisotopic (exact) mass is 342 g/mol. The van der Waals surface area contributed by atoms with Crippen LogP contribution in [0.25, 0.3) is 0 Å². The molecule has 2 aliphatic rings. The first kappa shape index (κ1) is 15.7. The minimum absolute atomic E-state index is 0.0497. The van der Waals surface area contributed by atoms with E-state index in [0.29, 0.717) is 6.54 Å². The number of hydrogen-bond acceptors (Lipinski definition) is 3. The number of rotatable bonds is 3. The summed E-state index contributed by atoms with van der Waals surface area (Å²) in [5.41, 5.74) is 2.82. The van der Waals surface area contributed by atoms with Crippen LogP contribution in [0.2, 0.25) is 0 Å². The molecule has 2 aliphatic heterocycles. The van der Waals surface area contributed by atoms with Gasteiger partial charge in [-0.15, -0.1) is 0 Å². The van der Waals surface area contributed by atoms with Gasteiger partial charge in [0.1, 0.15) is 0 Å². The van der Waals surface area contributed by atoms with Crippen molar-refractivity contribution in [2.45, 2.75) is 17.6 Å². The Morgan fingerprint density at radius 1 is 1.00 bits per heavy atom. The van der Waals surface area contributed by atoms with Crippen LogP contribution in [-0.2, 0) is 21.2 Å². The van der Waals surface area contributed by atoms with Crippen molar-refractivity contribution in [1.29, 1.82) is 0 Å². The quantitative estimate of drug-likeness (QED) is 0.861. The summed E-state index contributed by atoms with van der Waals surface area (Å²) in [4.78, 5) is 2.30. The third-order valence-corrected chi connectivity index (χ3v) is 6.96. The predicted molar refractivity (Wildman–Crippen MR) is 96.6 cm³/mol. The van der Waals surface area contributed by atoms with Gasteiger partial charge < -0.3 is 4.90 Å². The topological polar surface area (TPSA) is 40.6 Å². The van der Waals surface area contributed by atoms with E-state index < -0.39 is 10.0 Å². The summed E-state index contributed by atoms with van der Waals surface area (Å²) in [6.45, 7) is 2.49. The fraction of sp³-hybridized carbons (Fsp3) is 0.368. The maximum Gasteiger partial charge on any atom is 0.239 e. The van der Waals surface area contributed by atoms with Gasteiger partial charge in [-0.2, -0.15) is 0 Å². The molecule has 24 heavy (non-hydrogen) atoms. The van der Waals surface area contributed by atoms with E-state index in [1.54, 1.807) is 4.31 Å². The molecule has 1 atom stereocenters. The molecule has 1 unspecified atom stereocenters. The number of likely N-dealkylation sites (N-methyl/N-ethyl adjacent to an activating group) is 1. The van der Waals surface area contributed by atoms with Crippen molar-refractivity contribution in [3.63, 3.8) is 0 Å². The highest BCUT2D eigenvalue weighted by Crippen LogP contribution is 2.47. The van der Waals surface area contributed by atoms with Gasteiger partial charge in [0.05, 0.1) is 11.4 Å². The Morgan fingerprint density at radius 3 is 2.42 bits per heavy atom. The van der Waals surface area contributed by atoms with Crippen LogP contribution in [0.5, 0.6) is 0 Å². The second-order valence-electron chi connectivity index (χ2n) is 7.03. The summed E-state index contributed by atoms with van der Waals surface area (Å²) in [7, 11) is -1.28. The van der Waals surface area contributed by atoms with Gasteiger partial charge >= 0.3 is 0 Å². The molecule has 2 aromatic carbocycles. The van der Waals surface area contributed by atoms with Crippen LogP contribution in [0.1, 0.15) is 17.5 Å². The number of anilines is 1. The van der Waals surface area contributed by atoms with Gasteiger partial charge in [-0.3, -0.25) is 4.31 Å². The Labute approximate surface area is 143 Å². The Hall–Kier alpha value is -1.85. The molecule has 4 rings (SSSR count). The van der Waals surface area contributed by atoms with Crippen molar-refractivity contribution >= 4 is 15.7 Å². The van der Waals surface area contributed by atoms with Crippen LogP contribution < -0.4 is 4.31 Å². The van der Waals surface area contributed by atoms with Gasteiger partial charge in [0.15, 0.2) is 0 Å². The summed E-state index contributed by atoms with van der Waals surface area (Å²) in [6.07, 6.45) is 1.01. The summed E-state index contributed by atoms with van der Waals surface area (Å²) in [5, 5.41) is 0. The van der Waals surface area contributed by atoms with Gasteiger partial charge in [0, 0.05) is 18.5 Å². The molecule has 0 radical (unpaired) electrons. The zero-order valence-corrected chi connectivity index (χ0v) is 14.7. The number of likely N-dealkylation sites (tertiary alicyclic amines) is 1. The first-order valence-electron chi connectivity index (χ1n) is 8.33. The standard InChI is InChI=1S/C19H22N2O2S/c1-20-12-11-19(14-20)15-21(18-10-6-5-9-17(18)19)24(22,23)13-16-7-3-2-4-8-16/h2-10H,11-15H2,1H3. The number of fused-ring (bicyclic) bond motifs is 2. The lowest BCUT2D eigenvalue weighted by molar-refractivity contribution is 0.379. The molecular formula is C19H22N2O2S. The largest absolute Gasteiger partial charge is 0.305 e. The highest BCUT2D eigenvalue weighted by molar-refractivity contribution is 7.92. The van der Waals surface area contributed by atoms with E-state index in [1.807, 2.05) is 48.5 Å². The molecule has 1 spiro atoms. The van der Waals surface area contributed by atoms with Crippen LogP contribution in [-0.4, -0.2) is 40.0 Å². The van der Waals surface area contributed by atoms with Gasteiger partial charge in [-0.05, 0) is 37.2 Å². The third-order valence-electron chi connectivity index (χ3n) is 5.26. The van der Waals surface area contributed by atoms with Crippen molar-refractivity contribution in [1.82, 2.24) is 4.90 Å². The minimum atomic E-state index is -3.39. The molecule has 0 aliphatic carbocycles. The number of hydrogen-bond donors (Lipinski definition) is 0. The first-order chi connectivity index (χ1) is 11.5. The Balaban J connectivity index is 1.72. The molecule has 0 N–H and O–H groups in total. The van der Waals surface area contributed by atoms with Crippen molar-refractivity contribution in [3.05, 3.63) is 65.7 Å². The van der Waals surface area contributed by atoms with E-state index in [0.717, 1.165) is 30.8 Å². The SMILES string of the molecule is CN1CCC2(C1)CN(S(=O)(=O)Cc1ccccc1)c1ccccc12. The molecule has 126 valence electrons. The van der Waals surface area contributed by atoms with E-state index >= 15 is 0 Å². The molecule has 5 heteroatoms. The van der Waals surface area contributed by atoms with Gasteiger partial charge in [0.2, 0.25) is 10.0 Å². The summed E-state index contributed by atoms with van der Waals surface area (Å²) < 4.78 is 27.8. The van der Waals surface area contributed by atoms with Crippen LogP contribution in [0.3, 0.4) is 0 Å². The van der Waals surface area contributed by atoms with Crippen LogP contribution >= 0.6 is 0 Å². The van der Waals surface area contributed by atoms with Crippen LogP contribution in [0, 0.1) is 0 Å².